The van der Waals surface area contributed by atoms with Crippen molar-refractivity contribution in [3.8, 4) is 0 Å². The van der Waals surface area contributed by atoms with Crippen LogP contribution in [0.1, 0.15) is 52.0 Å². The molecule has 2 aliphatic rings. The number of piperidine rings is 1. The maximum absolute atomic E-state index is 6.15. The van der Waals surface area contributed by atoms with Crippen LogP contribution in [0.2, 0.25) is 0 Å². The molecule has 1 N–H and O–H groups in total. The van der Waals surface area contributed by atoms with Crippen molar-refractivity contribution in [3.05, 3.63) is 28.2 Å². The van der Waals surface area contributed by atoms with Crippen molar-refractivity contribution >= 4 is 28.5 Å². The molecular formula is C17H25BBrNO2. The van der Waals surface area contributed by atoms with Crippen molar-refractivity contribution in [2.45, 2.75) is 57.7 Å². The number of rotatable bonds is 2. The Bertz CT molecular complexity index is 540. The fourth-order valence-electron chi connectivity index (χ4n) is 3.11. The molecule has 1 aromatic carbocycles. The molecule has 0 unspecified atom stereocenters. The van der Waals surface area contributed by atoms with Gasteiger partial charge in [-0.15, -0.1) is 0 Å². The molecule has 0 bridgehead atoms. The van der Waals surface area contributed by atoms with Crippen LogP contribution in [-0.4, -0.2) is 31.4 Å². The van der Waals surface area contributed by atoms with Crippen LogP contribution in [0.15, 0.2) is 22.7 Å². The molecule has 2 fully saturated rings. The molecule has 0 aliphatic carbocycles. The molecule has 5 heteroatoms. The molecule has 1 aromatic rings. The zero-order chi connectivity index (χ0) is 16.0. The molecule has 2 saturated heterocycles. The molecule has 0 atom stereocenters. The maximum Gasteiger partial charge on any atom is 0.495 e. The average molecular weight is 366 g/mol. The zero-order valence-electron chi connectivity index (χ0n) is 13.9. The standard InChI is InChI=1S/C17H25BBrNO2/c1-16(2)17(3,4)22-18(21-16)14-6-5-13(11-15(14)19)12-7-9-20-10-8-12/h5-6,11-12,20H,7-10H2,1-4H3. The fraction of sp³-hybridized carbons (Fsp3) is 0.647. The van der Waals surface area contributed by atoms with E-state index in [2.05, 4.69) is 67.1 Å². The number of hydrogen-bond acceptors (Lipinski definition) is 3. The molecule has 3 nitrogen and oxygen atoms in total. The third-order valence-electron chi connectivity index (χ3n) is 5.34. The van der Waals surface area contributed by atoms with Crippen LogP contribution in [0.5, 0.6) is 0 Å². The molecule has 0 spiro atoms. The van der Waals surface area contributed by atoms with Gasteiger partial charge in [-0.05, 0) is 76.6 Å². The minimum atomic E-state index is -0.304. The van der Waals surface area contributed by atoms with Gasteiger partial charge in [0.25, 0.3) is 0 Å². The third kappa shape index (κ3) is 3.01. The van der Waals surface area contributed by atoms with E-state index in [0.717, 1.165) is 23.0 Å². The van der Waals surface area contributed by atoms with Crippen LogP contribution in [0.3, 0.4) is 0 Å². The molecule has 22 heavy (non-hydrogen) atoms. The van der Waals surface area contributed by atoms with Gasteiger partial charge in [-0.2, -0.15) is 0 Å². The van der Waals surface area contributed by atoms with E-state index in [0.29, 0.717) is 5.92 Å². The van der Waals surface area contributed by atoms with Crippen molar-refractivity contribution in [1.29, 1.82) is 0 Å². The van der Waals surface area contributed by atoms with Gasteiger partial charge in [0.1, 0.15) is 0 Å². The van der Waals surface area contributed by atoms with Gasteiger partial charge in [0.05, 0.1) is 11.2 Å². The fourth-order valence-corrected chi connectivity index (χ4v) is 3.70. The number of benzene rings is 1. The van der Waals surface area contributed by atoms with Crippen molar-refractivity contribution in [1.82, 2.24) is 5.32 Å². The predicted molar refractivity (Wildman–Crippen MR) is 94.7 cm³/mol. The smallest absolute Gasteiger partial charge is 0.399 e. The summed E-state index contributed by atoms with van der Waals surface area (Å²) in [5.41, 5.74) is 1.89. The van der Waals surface area contributed by atoms with Crippen LogP contribution in [-0.2, 0) is 9.31 Å². The minimum absolute atomic E-state index is 0.301. The lowest BCUT2D eigenvalue weighted by atomic mass is 9.77. The Labute approximate surface area is 142 Å². The van der Waals surface area contributed by atoms with Crippen molar-refractivity contribution in [3.63, 3.8) is 0 Å². The SMILES string of the molecule is CC1(C)OB(c2ccc(C3CCNCC3)cc2Br)OC1(C)C. The first-order valence-electron chi connectivity index (χ1n) is 8.16. The average Bonchev–Trinajstić information content (AvgIpc) is 2.68. The van der Waals surface area contributed by atoms with E-state index >= 15 is 0 Å². The van der Waals surface area contributed by atoms with E-state index in [1.54, 1.807) is 0 Å². The second-order valence-electron chi connectivity index (χ2n) is 7.39. The summed E-state index contributed by atoms with van der Waals surface area (Å²) in [6, 6.07) is 6.64. The quantitative estimate of drug-likeness (QED) is 0.816. The minimum Gasteiger partial charge on any atom is -0.399 e. The highest BCUT2D eigenvalue weighted by Crippen LogP contribution is 2.37. The van der Waals surface area contributed by atoms with Gasteiger partial charge in [0.2, 0.25) is 0 Å². The summed E-state index contributed by atoms with van der Waals surface area (Å²) >= 11 is 3.72. The third-order valence-corrected chi connectivity index (χ3v) is 6.03. The first-order valence-corrected chi connectivity index (χ1v) is 8.95. The Kier molecular flexibility index (Phi) is 4.45. The van der Waals surface area contributed by atoms with Crippen LogP contribution in [0.25, 0.3) is 0 Å². The van der Waals surface area contributed by atoms with E-state index in [4.69, 9.17) is 9.31 Å². The Morgan fingerprint density at radius 1 is 1.09 bits per heavy atom. The summed E-state index contributed by atoms with van der Waals surface area (Å²) in [5, 5.41) is 3.42. The number of hydrogen-bond donors (Lipinski definition) is 1. The van der Waals surface area contributed by atoms with Gasteiger partial charge >= 0.3 is 7.12 Å². The van der Waals surface area contributed by atoms with Gasteiger partial charge in [-0.25, -0.2) is 0 Å². The first kappa shape index (κ1) is 16.5. The van der Waals surface area contributed by atoms with Crippen LogP contribution in [0, 0.1) is 0 Å². The highest BCUT2D eigenvalue weighted by atomic mass is 79.9. The van der Waals surface area contributed by atoms with E-state index in [1.807, 2.05) is 0 Å². The highest BCUT2D eigenvalue weighted by molar-refractivity contribution is 9.10. The molecule has 0 amide bonds. The van der Waals surface area contributed by atoms with E-state index in [1.165, 1.54) is 18.4 Å². The van der Waals surface area contributed by atoms with Crippen LogP contribution >= 0.6 is 15.9 Å². The summed E-state index contributed by atoms with van der Waals surface area (Å²) in [6.45, 7) is 10.6. The Balaban J connectivity index is 1.81. The molecular weight excluding hydrogens is 341 g/mol. The summed E-state index contributed by atoms with van der Waals surface area (Å²) in [6.07, 6.45) is 2.42. The molecule has 0 aromatic heterocycles. The van der Waals surface area contributed by atoms with Gasteiger partial charge in [-0.1, -0.05) is 28.1 Å². The van der Waals surface area contributed by atoms with Crippen LogP contribution < -0.4 is 10.8 Å². The summed E-state index contributed by atoms with van der Waals surface area (Å²) < 4.78 is 13.4. The second-order valence-corrected chi connectivity index (χ2v) is 8.25. The lowest BCUT2D eigenvalue weighted by Crippen LogP contribution is -2.41. The topological polar surface area (TPSA) is 30.5 Å². The summed E-state index contributed by atoms with van der Waals surface area (Å²) in [4.78, 5) is 0. The molecule has 2 heterocycles. The lowest BCUT2D eigenvalue weighted by Gasteiger charge is -2.32. The molecule has 2 aliphatic heterocycles. The molecule has 120 valence electrons. The largest absolute Gasteiger partial charge is 0.495 e. The first-order chi connectivity index (χ1) is 10.3. The molecule has 0 saturated carbocycles. The van der Waals surface area contributed by atoms with Gasteiger partial charge in [0.15, 0.2) is 0 Å². The Morgan fingerprint density at radius 2 is 1.68 bits per heavy atom. The van der Waals surface area contributed by atoms with Crippen LogP contribution in [0.4, 0.5) is 0 Å². The number of nitrogens with one attached hydrogen (secondary N) is 1. The summed E-state index contributed by atoms with van der Waals surface area (Å²) in [5.74, 6) is 0.657. The van der Waals surface area contributed by atoms with Crippen molar-refractivity contribution in [2.24, 2.45) is 0 Å². The normalized spacial score (nSPS) is 24.7. The molecule has 0 radical (unpaired) electrons. The van der Waals surface area contributed by atoms with Gasteiger partial charge in [-0.3, -0.25) is 0 Å². The van der Waals surface area contributed by atoms with Gasteiger partial charge in [0, 0.05) is 4.47 Å². The summed E-state index contributed by atoms with van der Waals surface area (Å²) in [7, 11) is -0.304. The van der Waals surface area contributed by atoms with Crippen molar-refractivity contribution < 1.29 is 9.31 Å². The predicted octanol–water partition coefficient (Wildman–Crippen LogP) is 3.22. The zero-order valence-corrected chi connectivity index (χ0v) is 15.5. The monoisotopic (exact) mass is 365 g/mol. The second kappa shape index (κ2) is 5.93. The Morgan fingerprint density at radius 3 is 2.23 bits per heavy atom. The lowest BCUT2D eigenvalue weighted by molar-refractivity contribution is 0.00578. The maximum atomic E-state index is 6.15. The van der Waals surface area contributed by atoms with Gasteiger partial charge < -0.3 is 14.6 Å². The molecule has 3 rings (SSSR count). The number of halogens is 1. The van der Waals surface area contributed by atoms with Crippen molar-refractivity contribution in [2.75, 3.05) is 13.1 Å². The van der Waals surface area contributed by atoms with E-state index < -0.39 is 0 Å². The Hall–Kier alpha value is -0.355. The van der Waals surface area contributed by atoms with E-state index in [9.17, 15) is 0 Å². The highest BCUT2D eigenvalue weighted by Gasteiger charge is 2.52. The van der Waals surface area contributed by atoms with E-state index in [-0.39, 0.29) is 18.3 Å².